The van der Waals surface area contributed by atoms with Crippen LogP contribution in [-0.4, -0.2) is 20.2 Å². The van der Waals surface area contributed by atoms with E-state index in [0.29, 0.717) is 5.69 Å². The van der Waals surface area contributed by atoms with Crippen LogP contribution in [0.4, 0.5) is 15.8 Å². The van der Waals surface area contributed by atoms with Crippen molar-refractivity contribution >= 4 is 33.1 Å². The topological polar surface area (TPSA) is 87.6 Å². The molecule has 0 atom stereocenters. The van der Waals surface area contributed by atoms with E-state index in [-0.39, 0.29) is 22.8 Å². The van der Waals surface area contributed by atoms with Crippen LogP contribution in [0, 0.1) is 5.82 Å². The lowest BCUT2D eigenvalue weighted by molar-refractivity contribution is -0.115. The molecule has 1 amide bonds. The van der Waals surface area contributed by atoms with Gasteiger partial charge in [0.25, 0.3) is 10.0 Å². The van der Waals surface area contributed by atoms with Gasteiger partial charge in [-0.05, 0) is 30.3 Å². The molecule has 3 rings (SSSR count). The minimum atomic E-state index is -3.83. The number of fused-ring (bicyclic) bond motifs is 1. The number of amides is 1. The maximum absolute atomic E-state index is 13.1. The zero-order valence-corrected chi connectivity index (χ0v) is 12.6. The largest absolute Gasteiger partial charge is 0.341 e. The summed E-state index contributed by atoms with van der Waals surface area (Å²) in [5.74, 6) is -0.971. The lowest BCUT2D eigenvalue weighted by atomic mass is 10.2. The van der Waals surface area contributed by atoms with Crippen LogP contribution in [0.1, 0.15) is 6.42 Å². The Morgan fingerprint density at radius 3 is 2.74 bits per heavy atom. The Hall–Kier alpha value is -2.74. The molecular weight excluding hydrogens is 321 g/mol. The number of benzene rings is 2. The molecule has 0 bridgehead atoms. The summed E-state index contributed by atoms with van der Waals surface area (Å²) in [4.78, 5) is 12.0. The van der Waals surface area contributed by atoms with E-state index in [2.05, 4.69) is 15.0 Å². The summed E-state index contributed by atoms with van der Waals surface area (Å²) < 4.78 is 40.8. The molecule has 0 fully saturated rings. The molecule has 23 heavy (non-hydrogen) atoms. The van der Waals surface area contributed by atoms with Crippen molar-refractivity contribution in [1.29, 1.82) is 0 Å². The second-order valence-electron chi connectivity index (χ2n) is 4.87. The lowest BCUT2D eigenvalue weighted by Crippen LogP contribution is -2.26. The fraction of sp³-hybridized carbons (Fsp3) is 0.0667. The highest BCUT2D eigenvalue weighted by Crippen LogP contribution is 2.27. The second kappa shape index (κ2) is 5.81. The molecule has 6 nitrogen and oxygen atoms in total. The van der Waals surface area contributed by atoms with E-state index in [4.69, 9.17) is 0 Å². The Kier molecular flexibility index (Phi) is 3.83. The van der Waals surface area contributed by atoms with Gasteiger partial charge in [-0.15, -0.1) is 4.40 Å². The first-order valence-corrected chi connectivity index (χ1v) is 8.13. The van der Waals surface area contributed by atoms with E-state index < -0.39 is 21.7 Å². The van der Waals surface area contributed by atoms with Crippen molar-refractivity contribution in [3.8, 4) is 0 Å². The summed E-state index contributed by atoms with van der Waals surface area (Å²) in [5.41, 5.74) is 0.658. The van der Waals surface area contributed by atoms with Gasteiger partial charge < -0.3 is 10.6 Å². The number of para-hydroxylation sites is 1. The summed E-state index contributed by atoms with van der Waals surface area (Å²) in [6.07, 6.45) is -0.274. The third-order valence-electron chi connectivity index (χ3n) is 3.11. The number of anilines is 2. The third-order valence-corrected chi connectivity index (χ3v) is 4.48. The molecule has 2 N–H and O–H groups in total. The van der Waals surface area contributed by atoms with Crippen LogP contribution in [0.2, 0.25) is 0 Å². The average molecular weight is 333 g/mol. The predicted molar refractivity (Wildman–Crippen MR) is 84.3 cm³/mol. The van der Waals surface area contributed by atoms with Crippen molar-refractivity contribution in [2.75, 3.05) is 10.6 Å². The van der Waals surface area contributed by atoms with Crippen LogP contribution in [0.5, 0.6) is 0 Å². The zero-order valence-electron chi connectivity index (χ0n) is 11.8. The number of hydrogen-bond donors (Lipinski definition) is 2. The van der Waals surface area contributed by atoms with E-state index in [1.165, 1.54) is 30.3 Å². The van der Waals surface area contributed by atoms with Crippen molar-refractivity contribution < 1.29 is 17.6 Å². The van der Waals surface area contributed by atoms with Gasteiger partial charge in [0.15, 0.2) is 0 Å². The maximum Gasteiger partial charge on any atom is 0.286 e. The van der Waals surface area contributed by atoms with Crippen LogP contribution in [0.15, 0.2) is 57.8 Å². The molecule has 0 radical (unpaired) electrons. The quantitative estimate of drug-likeness (QED) is 0.903. The minimum absolute atomic E-state index is 0.0117. The number of amidine groups is 1. The molecule has 0 saturated carbocycles. The van der Waals surface area contributed by atoms with Gasteiger partial charge >= 0.3 is 0 Å². The number of nitrogens with zero attached hydrogens (tertiary/aromatic N) is 1. The Morgan fingerprint density at radius 2 is 1.96 bits per heavy atom. The number of carbonyl (C=O) groups excluding carboxylic acids is 1. The van der Waals surface area contributed by atoms with Crippen LogP contribution in [0.25, 0.3) is 0 Å². The monoisotopic (exact) mass is 333 g/mol. The molecular formula is C15H12FN3O3S. The Balaban J connectivity index is 1.76. The van der Waals surface area contributed by atoms with Gasteiger partial charge in [0, 0.05) is 5.69 Å². The van der Waals surface area contributed by atoms with Gasteiger partial charge in [-0.1, -0.05) is 18.2 Å². The van der Waals surface area contributed by atoms with Crippen LogP contribution < -0.4 is 10.6 Å². The van der Waals surface area contributed by atoms with E-state index in [1.807, 2.05) is 0 Å². The number of carbonyl (C=O) groups is 1. The smallest absolute Gasteiger partial charge is 0.286 e. The molecule has 0 aliphatic carbocycles. The highest BCUT2D eigenvalue weighted by Gasteiger charge is 2.25. The lowest BCUT2D eigenvalue weighted by Gasteiger charge is -2.17. The molecule has 2 aromatic carbocycles. The highest BCUT2D eigenvalue weighted by molar-refractivity contribution is 7.90. The van der Waals surface area contributed by atoms with Crippen molar-refractivity contribution in [2.45, 2.75) is 11.3 Å². The number of hydrogen-bond acceptors (Lipinski definition) is 4. The van der Waals surface area contributed by atoms with Gasteiger partial charge in [-0.25, -0.2) is 4.39 Å². The fourth-order valence-corrected chi connectivity index (χ4v) is 3.31. The first-order chi connectivity index (χ1) is 10.9. The summed E-state index contributed by atoms with van der Waals surface area (Å²) in [6.45, 7) is 0. The molecule has 0 unspecified atom stereocenters. The summed E-state index contributed by atoms with van der Waals surface area (Å²) in [7, 11) is -3.83. The fourth-order valence-electron chi connectivity index (χ4n) is 2.17. The third kappa shape index (κ3) is 3.37. The second-order valence-corrected chi connectivity index (χ2v) is 6.44. The molecule has 2 aromatic rings. The maximum atomic E-state index is 13.1. The number of sulfonamides is 1. The standard InChI is InChI=1S/C15H12FN3O3S/c16-10-4-3-5-11(8-10)17-15(20)9-14-18-12-6-1-2-7-13(12)23(21,22)19-14/h1-8H,9H2,(H,17,20)(H,18,19). The Morgan fingerprint density at radius 1 is 1.17 bits per heavy atom. The molecule has 0 aromatic heterocycles. The highest BCUT2D eigenvalue weighted by atomic mass is 32.2. The van der Waals surface area contributed by atoms with Gasteiger partial charge in [-0.3, -0.25) is 4.79 Å². The Labute approximate surface area is 132 Å². The number of rotatable bonds is 3. The van der Waals surface area contributed by atoms with Crippen molar-refractivity contribution in [3.63, 3.8) is 0 Å². The molecule has 8 heteroatoms. The summed E-state index contributed by atoms with van der Waals surface area (Å²) in [5, 5.41) is 5.30. The summed E-state index contributed by atoms with van der Waals surface area (Å²) >= 11 is 0. The SMILES string of the molecule is O=C(CC1=NS(=O)(=O)c2ccccc2N1)Nc1cccc(F)c1. The first-order valence-electron chi connectivity index (χ1n) is 6.69. The molecule has 1 aliphatic heterocycles. The van der Waals surface area contributed by atoms with Gasteiger partial charge in [-0.2, -0.15) is 8.42 Å². The number of nitrogens with one attached hydrogen (secondary N) is 2. The molecule has 1 aliphatic rings. The van der Waals surface area contributed by atoms with Crippen LogP contribution in [-0.2, 0) is 14.8 Å². The minimum Gasteiger partial charge on any atom is -0.341 e. The van der Waals surface area contributed by atoms with Crippen LogP contribution in [0.3, 0.4) is 0 Å². The van der Waals surface area contributed by atoms with E-state index >= 15 is 0 Å². The van der Waals surface area contributed by atoms with E-state index in [1.54, 1.807) is 18.2 Å². The van der Waals surface area contributed by atoms with Crippen molar-refractivity contribution in [3.05, 3.63) is 54.3 Å². The van der Waals surface area contributed by atoms with Crippen molar-refractivity contribution in [2.24, 2.45) is 4.40 Å². The molecule has 1 heterocycles. The zero-order chi connectivity index (χ0) is 16.4. The molecule has 0 spiro atoms. The summed E-state index contributed by atoms with van der Waals surface area (Å²) in [6, 6.07) is 11.7. The van der Waals surface area contributed by atoms with E-state index in [0.717, 1.165) is 0 Å². The number of halogens is 1. The van der Waals surface area contributed by atoms with Crippen LogP contribution >= 0.6 is 0 Å². The average Bonchev–Trinajstić information content (AvgIpc) is 2.46. The first kappa shape index (κ1) is 15.2. The molecule has 118 valence electrons. The van der Waals surface area contributed by atoms with Gasteiger partial charge in [0.1, 0.15) is 16.5 Å². The van der Waals surface area contributed by atoms with Gasteiger partial charge in [0.2, 0.25) is 5.91 Å². The van der Waals surface area contributed by atoms with Gasteiger partial charge in [0.05, 0.1) is 12.1 Å². The Bertz CT molecular complexity index is 910. The predicted octanol–water partition coefficient (Wildman–Crippen LogP) is 2.37. The van der Waals surface area contributed by atoms with Crippen molar-refractivity contribution in [1.82, 2.24) is 0 Å². The normalized spacial score (nSPS) is 15.1. The molecule has 0 saturated heterocycles. The van der Waals surface area contributed by atoms with E-state index in [9.17, 15) is 17.6 Å².